The SMILES string of the molecule is Cl.NCc1cc(C(=O)NCCCOc2ccc(Cl)cc2Cl)co1. The third-order valence-electron chi connectivity index (χ3n) is 2.88. The molecule has 126 valence electrons. The van der Waals surface area contributed by atoms with Crippen molar-refractivity contribution in [1.82, 2.24) is 5.32 Å². The number of nitrogens with one attached hydrogen (secondary N) is 1. The van der Waals surface area contributed by atoms with Crippen LogP contribution >= 0.6 is 35.6 Å². The van der Waals surface area contributed by atoms with Gasteiger partial charge >= 0.3 is 0 Å². The summed E-state index contributed by atoms with van der Waals surface area (Å²) in [5, 5.41) is 3.79. The molecule has 0 saturated heterocycles. The van der Waals surface area contributed by atoms with Gasteiger partial charge in [-0.05, 0) is 30.7 Å². The number of carbonyl (C=O) groups is 1. The third kappa shape index (κ3) is 5.95. The smallest absolute Gasteiger partial charge is 0.254 e. The number of hydrogen-bond acceptors (Lipinski definition) is 4. The Morgan fingerprint density at radius 3 is 2.74 bits per heavy atom. The number of rotatable bonds is 7. The van der Waals surface area contributed by atoms with Crippen LogP contribution in [0.4, 0.5) is 0 Å². The molecule has 0 bridgehead atoms. The average Bonchev–Trinajstić information content (AvgIpc) is 2.97. The van der Waals surface area contributed by atoms with Crippen molar-refractivity contribution >= 4 is 41.5 Å². The van der Waals surface area contributed by atoms with E-state index in [1.54, 1.807) is 24.3 Å². The fourth-order valence-corrected chi connectivity index (χ4v) is 2.22. The van der Waals surface area contributed by atoms with Crippen molar-refractivity contribution < 1.29 is 13.9 Å². The molecule has 0 saturated carbocycles. The van der Waals surface area contributed by atoms with Gasteiger partial charge in [0.05, 0.1) is 23.7 Å². The number of benzene rings is 1. The summed E-state index contributed by atoms with van der Waals surface area (Å²) >= 11 is 11.8. The number of ether oxygens (including phenoxy) is 1. The lowest BCUT2D eigenvalue weighted by Crippen LogP contribution is -2.25. The number of furan rings is 1. The summed E-state index contributed by atoms with van der Waals surface area (Å²) in [7, 11) is 0. The molecular weight excluding hydrogens is 363 g/mol. The predicted molar refractivity (Wildman–Crippen MR) is 92.8 cm³/mol. The summed E-state index contributed by atoms with van der Waals surface area (Å²) in [5.41, 5.74) is 5.88. The van der Waals surface area contributed by atoms with Gasteiger partial charge in [0.25, 0.3) is 5.91 Å². The summed E-state index contributed by atoms with van der Waals surface area (Å²) in [6.45, 7) is 1.18. The topological polar surface area (TPSA) is 77.5 Å². The predicted octanol–water partition coefficient (Wildman–Crippen LogP) is 3.67. The van der Waals surface area contributed by atoms with Crippen LogP contribution in [0.2, 0.25) is 10.0 Å². The van der Waals surface area contributed by atoms with Gasteiger partial charge in [0, 0.05) is 11.6 Å². The Bertz CT molecular complexity index is 647. The molecule has 0 atom stereocenters. The molecule has 0 aliphatic carbocycles. The van der Waals surface area contributed by atoms with Crippen molar-refractivity contribution in [2.45, 2.75) is 13.0 Å². The molecule has 2 aromatic rings. The van der Waals surface area contributed by atoms with Crippen molar-refractivity contribution in [2.24, 2.45) is 5.73 Å². The molecule has 3 N–H and O–H groups in total. The van der Waals surface area contributed by atoms with Crippen molar-refractivity contribution in [2.75, 3.05) is 13.2 Å². The molecule has 1 heterocycles. The quantitative estimate of drug-likeness (QED) is 0.720. The Morgan fingerprint density at radius 2 is 2.09 bits per heavy atom. The van der Waals surface area contributed by atoms with E-state index in [1.807, 2.05) is 0 Å². The van der Waals surface area contributed by atoms with Crippen LogP contribution in [0.5, 0.6) is 5.75 Å². The van der Waals surface area contributed by atoms with E-state index in [2.05, 4.69) is 5.32 Å². The first kappa shape index (κ1) is 19.6. The first-order valence-electron chi connectivity index (χ1n) is 6.73. The van der Waals surface area contributed by atoms with E-state index in [9.17, 15) is 4.79 Å². The van der Waals surface area contributed by atoms with Gasteiger partial charge in [-0.3, -0.25) is 4.79 Å². The Hall–Kier alpha value is -1.40. The molecule has 0 unspecified atom stereocenters. The molecule has 23 heavy (non-hydrogen) atoms. The minimum Gasteiger partial charge on any atom is -0.492 e. The van der Waals surface area contributed by atoms with E-state index in [4.69, 9.17) is 38.1 Å². The van der Waals surface area contributed by atoms with Crippen molar-refractivity contribution in [3.8, 4) is 5.75 Å². The number of amides is 1. The summed E-state index contributed by atoms with van der Waals surface area (Å²) in [6.07, 6.45) is 2.04. The van der Waals surface area contributed by atoms with E-state index in [0.29, 0.717) is 46.7 Å². The minimum absolute atomic E-state index is 0. The minimum atomic E-state index is -0.201. The van der Waals surface area contributed by atoms with E-state index in [1.165, 1.54) is 6.26 Å². The molecule has 2 rings (SSSR count). The van der Waals surface area contributed by atoms with Crippen molar-refractivity contribution in [3.63, 3.8) is 0 Å². The summed E-state index contributed by atoms with van der Waals surface area (Å²) in [4.78, 5) is 11.8. The molecule has 1 amide bonds. The second-order valence-corrected chi connectivity index (χ2v) is 5.38. The molecule has 1 aromatic heterocycles. The summed E-state index contributed by atoms with van der Waals surface area (Å²) in [6, 6.07) is 6.66. The summed E-state index contributed by atoms with van der Waals surface area (Å²) in [5.74, 6) is 0.943. The highest BCUT2D eigenvalue weighted by atomic mass is 35.5. The molecule has 0 radical (unpaired) electrons. The van der Waals surface area contributed by atoms with Crippen LogP contribution in [0.15, 0.2) is 34.9 Å². The zero-order valence-corrected chi connectivity index (χ0v) is 14.5. The molecule has 1 aromatic carbocycles. The van der Waals surface area contributed by atoms with E-state index in [-0.39, 0.29) is 24.9 Å². The molecule has 0 aliphatic heterocycles. The van der Waals surface area contributed by atoms with E-state index < -0.39 is 0 Å². The van der Waals surface area contributed by atoms with Gasteiger partial charge in [-0.15, -0.1) is 12.4 Å². The standard InChI is InChI=1S/C15H16Cl2N2O3.ClH/c16-11-2-3-14(13(17)7-11)21-5-1-4-19-15(20)10-6-12(8-18)22-9-10;/h2-3,6-7,9H,1,4-5,8,18H2,(H,19,20);1H. The van der Waals surface area contributed by atoms with Crippen LogP contribution in [0.1, 0.15) is 22.5 Å². The lowest BCUT2D eigenvalue weighted by Gasteiger charge is -2.08. The molecule has 0 fully saturated rings. The number of halogens is 3. The highest BCUT2D eigenvalue weighted by Crippen LogP contribution is 2.27. The van der Waals surface area contributed by atoms with Crippen LogP contribution in [-0.2, 0) is 6.54 Å². The maximum Gasteiger partial charge on any atom is 0.254 e. The van der Waals surface area contributed by atoms with Gasteiger partial charge in [0.1, 0.15) is 17.8 Å². The molecule has 0 spiro atoms. The monoisotopic (exact) mass is 378 g/mol. The highest BCUT2D eigenvalue weighted by molar-refractivity contribution is 6.35. The maximum absolute atomic E-state index is 11.8. The Morgan fingerprint density at radius 1 is 1.30 bits per heavy atom. The first-order valence-corrected chi connectivity index (χ1v) is 7.49. The van der Waals surface area contributed by atoms with Gasteiger partial charge in [0.15, 0.2) is 0 Å². The zero-order valence-electron chi connectivity index (χ0n) is 12.2. The number of hydrogen-bond donors (Lipinski definition) is 2. The number of carbonyl (C=O) groups excluding carboxylic acids is 1. The lowest BCUT2D eigenvalue weighted by atomic mass is 10.3. The van der Waals surface area contributed by atoms with Crippen LogP contribution in [0.25, 0.3) is 0 Å². The van der Waals surface area contributed by atoms with Crippen molar-refractivity contribution in [1.29, 1.82) is 0 Å². The Labute approximate surface area is 150 Å². The van der Waals surface area contributed by atoms with Crippen LogP contribution in [0, 0.1) is 0 Å². The van der Waals surface area contributed by atoms with E-state index >= 15 is 0 Å². The highest BCUT2D eigenvalue weighted by Gasteiger charge is 2.09. The second kappa shape index (κ2) is 9.67. The Balaban J connectivity index is 0.00000264. The van der Waals surface area contributed by atoms with Gasteiger partial charge in [-0.25, -0.2) is 0 Å². The maximum atomic E-state index is 11.8. The second-order valence-electron chi connectivity index (χ2n) is 4.54. The van der Waals surface area contributed by atoms with Crippen LogP contribution in [0.3, 0.4) is 0 Å². The number of nitrogens with two attached hydrogens (primary N) is 1. The van der Waals surface area contributed by atoms with Crippen LogP contribution in [-0.4, -0.2) is 19.1 Å². The first-order chi connectivity index (χ1) is 10.6. The van der Waals surface area contributed by atoms with Gasteiger partial charge in [-0.1, -0.05) is 23.2 Å². The van der Waals surface area contributed by atoms with E-state index in [0.717, 1.165) is 0 Å². The Kier molecular flexibility index (Phi) is 8.26. The van der Waals surface area contributed by atoms with Gasteiger partial charge in [-0.2, -0.15) is 0 Å². The fourth-order valence-electron chi connectivity index (χ4n) is 1.76. The van der Waals surface area contributed by atoms with Gasteiger partial charge < -0.3 is 20.2 Å². The molecule has 0 aliphatic rings. The van der Waals surface area contributed by atoms with Crippen molar-refractivity contribution in [3.05, 3.63) is 51.9 Å². The zero-order chi connectivity index (χ0) is 15.9. The third-order valence-corrected chi connectivity index (χ3v) is 3.41. The van der Waals surface area contributed by atoms with Gasteiger partial charge in [0.2, 0.25) is 0 Å². The largest absolute Gasteiger partial charge is 0.492 e. The van der Waals surface area contributed by atoms with Crippen LogP contribution < -0.4 is 15.8 Å². The molecule has 5 nitrogen and oxygen atoms in total. The molecule has 8 heteroatoms. The molecular formula is C15H17Cl3N2O3. The fraction of sp³-hybridized carbons (Fsp3) is 0.267. The summed E-state index contributed by atoms with van der Waals surface area (Å²) < 4.78 is 10.6. The lowest BCUT2D eigenvalue weighted by molar-refractivity contribution is 0.0951. The average molecular weight is 380 g/mol. The normalized spacial score (nSPS) is 10.0.